The molecule has 0 saturated carbocycles. The van der Waals surface area contributed by atoms with Gasteiger partial charge in [-0.2, -0.15) is 0 Å². The van der Waals surface area contributed by atoms with E-state index in [1.54, 1.807) is 24.4 Å². The number of carbonyl (C=O) groups excluding carboxylic acids is 6. The van der Waals surface area contributed by atoms with E-state index in [0.29, 0.717) is 43.5 Å². The minimum absolute atomic E-state index is 0. The van der Waals surface area contributed by atoms with E-state index in [1.807, 2.05) is 42.6 Å². The smallest absolute Gasteiger partial charge is 0.550 e. The number of benzene rings is 4. The fourth-order valence-corrected chi connectivity index (χ4v) is 10.5. The van der Waals surface area contributed by atoms with E-state index in [-0.39, 0.29) is 49.5 Å². The van der Waals surface area contributed by atoms with E-state index in [2.05, 4.69) is 84.6 Å². The quantitative estimate of drug-likeness (QED) is 0.0581. The number of fused-ring (bicyclic) bond motifs is 4. The van der Waals surface area contributed by atoms with Gasteiger partial charge < -0.3 is 29.8 Å². The number of piperidine rings is 2. The fourth-order valence-electron chi connectivity index (χ4n) is 10.5. The standard InChI is InChI=1S/C29H29N3O2.C23H24N2O2.C6H5NO.C4H6O4.2C2H4O2.B.Na/c33-27(14-20-4-3-12-32(18-20)19-25-5-1-2-11-30-25)21-6-7-24-17-31-29(26(24)16-21)23-8-9-28-22(15-23)10-13-34-28;26-21(10-15-2-1-8-24-13-15)16-3-4-19-14-25-23(20(19)12-16)18-5-6-22-17(11-18)7-9-27-22;8-5-6-3-1-2-4-7-6;1-3(5)7-8-4(2)6;2*1-2(3)4;;/h1-2,5-9,11,15-16,20H,3-4,10,12-14,17-19H2;3-6,11-12,15,24H,1-2,7-10,13-14H2;1-5H;1-2H3;2*1H3,(H,3,4);;/q;;;;;;;+1/p-1/t20-;15-;;;;;;/m00....../s1. The van der Waals surface area contributed by atoms with Crippen LogP contribution in [0, 0.1) is 11.8 Å². The molecule has 447 valence electrons. The van der Waals surface area contributed by atoms with Crippen molar-refractivity contribution in [3.8, 4) is 11.5 Å². The van der Waals surface area contributed by atoms with Gasteiger partial charge >= 0.3 is 41.5 Å². The van der Waals surface area contributed by atoms with Crippen molar-refractivity contribution in [3.63, 3.8) is 0 Å². The van der Waals surface area contributed by atoms with E-state index < -0.39 is 23.9 Å². The molecule has 2 N–H and O–H groups in total. The summed E-state index contributed by atoms with van der Waals surface area (Å²) in [5.41, 5.74) is 14.6. The minimum atomic E-state index is -1.08. The van der Waals surface area contributed by atoms with Crippen molar-refractivity contribution in [2.24, 2.45) is 21.8 Å². The first-order chi connectivity index (χ1) is 41.0. The van der Waals surface area contributed by atoms with Crippen LogP contribution in [0.1, 0.15) is 148 Å². The molecule has 0 aliphatic carbocycles. The van der Waals surface area contributed by atoms with Crippen molar-refractivity contribution in [2.45, 2.75) is 98.7 Å². The Morgan fingerprint density at radius 3 is 1.62 bits per heavy atom. The molecule has 87 heavy (non-hydrogen) atoms. The molecule has 0 spiro atoms. The molecule has 0 amide bonds. The van der Waals surface area contributed by atoms with Gasteiger partial charge in [-0.3, -0.25) is 44.0 Å². The van der Waals surface area contributed by atoms with Crippen molar-refractivity contribution in [2.75, 3.05) is 39.4 Å². The van der Waals surface area contributed by atoms with Crippen molar-refractivity contribution in [1.82, 2.24) is 20.2 Å². The Kier molecular flexibility index (Phi) is 28.5. The van der Waals surface area contributed by atoms with Gasteiger partial charge in [-0.1, -0.05) is 36.4 Å². The number of nitrogens with zero attached hydrogens (tertiary/aromatic N) is 5. The molecular formula is C66H71BN6NaO13. The first-order valence-electron chi connectivity index (χ1n) is 28.4. The van der Waals surface area contributed by atoms with Gasteiger partial charge in [-0.05, 0) is 159 Å². The SMILES string of the molecule is CC(=O)O.CC(=O)OOC(C)=O.CC(=O)[O-].O=C(C[C@@H]1CCCN(Cc2ccccn2)C1)c1ccc2c(c1)C(c1ccc3c(c1)CCO3)=NC2.O=C(C[C@@H]1CCCNC1)c1ccc2c(c1)C(c1ccc3c(c1)CCO3)=NC2.O=Cc1ccccn1.[B].[Na+]. The number of aliphatic imine (C=N–C) groups is 2. The molecule has 8 heterocycles. The predicted molar refractivity (Wildman–Crippen MR) is 321 cm³/mol. The number of hydrogen-bond acceptors (Lipinski definition) is 18. The fraction of sp³-hybridized carbons (Fsp3) is 0.348. The zero-order valence-corrected chi connectivity index (χ0v) is 52.0. The zero-order valence-electron chi connectivity index (χ0n) is 50.0. The molecule has 6 aromatic rings. The van der Waals surface area contributed by atoms with Crippen molar-refractivity contribution >= 4 is 61.6 Å². The molecule has 6 aliphatic heterocycles. The summed E-state index contributed by atoms with van der Waals surface area (Å²) in [5.74, 6) is 0.118. The van der Waals surface area contributed by atoms with Crippen LogP contribution in [0.2, 0.25) is 0 Å². The summed E-state index contributed by atoms with van der Waals surface area (Å²) in [6.07, 6.45) is 11.8. The van der Waals surface area contributed by atoms with Crippen molar-refractivity contribution < 1.29 is 92.6 Å². The number of ether oxygens (including phenoxy) is 2. The number of aromatic nitrogens is 2. The molecule has 21 heteroatoms. The van der Waals surface area contributed by atoms with Crippen LogP contribution >= 0.6 is 0 Å². The number of Topliss-reactive ketones (excluding diaryl/α,β-unsaturated/α-hetero) is 2. The number of nitrogens with one attached hydrogen (secondary N) is 1. The average Bonchev–Trinajstić information content (AvgIpc) is 4.46. The van der Waals surface area contributed by atoms with Gasteiger partial charge in [0.1, 0.15) is 17.2 Å². The minimum Gasteiger partial charge on any atom is -0.550 e. The number of ketones is 2. The van der Waals surface area contributed by atoms with Crippen LogP contribution in [0.4, 0.5) is 0 Å². The Morgan fingerprint density at radius 1 is 0.667 bits per heavy atom. The molecule has 19 nitrogen and oxygen atoms in total. The molecule has 2 aromatic heterocycles. The van der Waals surface area contributed by atoms with Crippen LogP contribution in [0.5, 0.6) is 11.5 Å². The van der Waals surface area contributed by atoms with Gasteiger partial charge in [0.25, 0.3) is 5.97 Å². The first-order valence-corrected chi connectivity index (χ1v) is 28.4. The summed E-state index contributed by atoms with van der Waals surface area (Å²) in [7, 11) is 0. The molecule has 2 saturated heterocycles. The molecule has 12 rings (SSSR count). The Balaban J connectivity index is 0.000000230. The van der Waals surface area contributed by atoms with Gasteiger partial charge in [0.15, 0.2) is 17.9 Å². The summed E-state index contributed by atoms with van der Waals surface area (Å²) < 4.78 is 11.3. The number of hydrogen-bond donors (Lipinski definition) is 2. The Hall–Kier alpha value is -8.01. The van der Waals surface area contributed by atoms with Crippen LogP contribution in [-0.2, 0) is 61.4 Å². The van der Waals surface area contributed by atoms with Gasteiger partial charge in [-0.15, -0.1) is 0 Å². The third kappa shape index (κ3) is 22.0. The van der Waals surface area contributed by atoms with Crippen molar-refractivity contribution in [3.05, 3.63) is 189 Å². The van der Waals surface area contributed by atoms with Gasteiger partial charge in [0.05, 0.1) is 43.4 Å². The third-order valence-corrected chi connectivity index (χ3v) is 14.3. The summed E-state index contributed by atoms with van der Waals surface area (Å²) >= 11 is 0. The molecule has 2 fully saturated rings. The predicted octanol–water partition coefficient (Wildman–Crippen LogP) is 4.79. The van der Waals surface area contributed by atoms with Crippen LogP contribution in [-0.4, -0.2) is 121 Å². The second kappa shape index (κ2) is 35.6. The number of likely N-dealkylation sites (tertiary alicyclic amines) is 1. The first kappa shape index (κ1) is 69.8. The van der Waals surface area contributed by atoms with E-state index in [0.717, 1.165) is 174 Å². The third-order valence-electron chi connectivity index (χ3n) is 14.3. The molecular weight excluding hydrogens is 1120 g/mol. The van der Waals surface area contributed by atoms with Crippen LogP contribution in [0.3, 0.4) is 0 Å². The van der Waals surface area contributed by atoms with E-state index >= 15 is 0 Å². The average molecular weight is 1190 g/mol. The van der Waals surface area contributed by atoms with Gasteiger partial charge in [0, 0.05) is 120 Å². The second-order valence-corrected chi connectivity index (χ2v) is 21.0. The molecule has 2 atom stereocenters. The molecule has 3 radical (unpaired) electrons. The van der Waals surface area contributed by atoms with Gasteiger partial charge in [0.2, 0.25) is 0 Å². The summed E-state index contributed by atoms with van der Waals surface area (Å²) in [6.45, 7) is 12.1. The van der Waals surface area contributed by atoms with E-state index in [9.17, 15) is 24.0 Å². The Morgan fingerprint density at radius 2 is 1.17 bits per heavy atom. The number of pyridine rings is 2. The maximum Gasteiger partial charge on any atom is 1.00 e. The molecule has 6 aliphatic rings. The zero-order chi connectivity index (χ0) is 60.7. The largest absolute Gasteiger partial charge is 1.00 e. The number of carboxylic acids is 2. The molecule has 0 unspecified atom stereocenters. The normalized spacial score (nSPS) is 16.0. The van der Waals surface area contributed by atoms with Crippen molar-refractivity contribution in [1.29, 1.82) is 0 Å². The number of aliphatic carboxylic acids is 2. The monoisotopic (exact) mass is 1190 g/mol. The number of carboxylic acid groups (broad SMARTS) is 2. The Labute approximate surface area is 531 Å². The maximum absolute atomic E-state index is 13.3. The van der Waals surface area contributed by atoms with E-state index in [1.165, 1.54) is 28.7 Å². The number of aldehydes is 1. The van der Waals surface area contributed by atoms with Crippen LogP contribution < -0.4 is 49.5 Å². The summed E-state index contributed by atoms with van der Waals surface area (Å²) in [4.78, 5) is 101. The van der Waals surface area contributed by atoms with Crippen LogP contribution in [0.25, 0.3) is 0 Å². The maximum atomic E-state index is 13.3. The van der Waals surface area contributed by atoms with Crippen LogP contribution in [0.15, 0.2) is 132 Å². The number of rotatable bonds is 11. The van der Waals surface area contributed by atoms with E-state index in [4.69, 9.17) is 39.3 Å². The topological polar surface area (TPSA) is 265 Å². The summed E-state index contributed by atoms with van der Waals surface area (Å²) in [6, 6.07) is 36.2. The Bertz CT molecular complexity index is 3360. The molecule has 4 aromatic carbocycles. The molecule has 0 bridgehead atoms. The van der Waals surface area contributed by atoms with Gasteiger partial charge in [-0.25, -0.2) is 19.4 Å². The summed E-state index contributed by atoms with van der Waals surface area (Å²) in [5, 5.41) is 19.7. The number of carbonyl (C=O) groups is 7. The second-order valence-electron chi connectivity index (χ2n) is 21.0.